The summed E-state index contributed by atoms with van der Waals surface area (Å²) in [6, 6.07) is 21.0. The smallest absolute Gasteiger partial charge is 0.260 e. The molecular weight excluding hydrogens is 358 g/mol. The lowest BCUT2D eigenvalue weighted by Gasteiger charge is -2.19. The molecule has 1 amide bonds. The van der Waals surface area contributed by atoms with Crippen LogP contribution in [-0.2, 0) is 11.2 Å². The van der Waals surface area contributed by atoms with Gasteiger partial charge in [0.25, 0.3) is 5.91 Å². The Balaban J connectivity index is 1.52. The molecule has 3 rings (SSSR count). The Labute approximate surface area is 174 Å². The Kier molecular flexibility index (Phi) is 6.92. The molecule has 1 atom stereocenters. The summed E-state index contributed by atoms with van der Waals surface area (Å²) in [7, 11) is 0. The summed E-state index contributed by atoms with van der Waals surface area (Å²) in [6.45, 7) is 8.76. The fourth-order valence-electron chi connectivity index (χ4n) is 3.61. The average molecular weight is 390 g/mol. The van der Waals surface area contributed by atoms with Gasteiger partial charge in [-0.1, -0.05) is 68.4 Å². The zero-order valence-electron chi connectivity index (χ0n) is 17.9. The van der Waals surface area contributed by atoms with E-state index in [1.54, 1.807) is 0 Å². The summed E-state index contributed by atoms with van der Waals surface area (Å²) in [5.74, 6) is 1.08. The van der Waals surface area contributed by atoms with Gasteiger partial charge >= 0.3 is 0 Å². The van der Waals surface area contributed by atoms with Crippen LogP contribution in [0.25, 0.3) is 10.8 Å². The Morgan fingerprint density at radius 3 is 2.55 bits per heavy atom. The number of ether oxygens (including phenoxy) is 1. The van der Waals surface area contributed by atoms with Gasteiger partial charge in [-0.25, -0.2) is 0 Å². The second kappa shape index (κ2) is 9.60. The van der Waals surface area contributed by atoms with Crippen molar-refractivity contribution in [1.82, 2.24) is 5.32 Å². The van der Waals surface area contributed by atoms with Crippen molar-refractivity contribution >= 4 is 16.7 Å². The summed E-state index contributed by atoms with van der Waals surface area (Å²) in [5, 5.41) is 5.57. The molecule has 152 valence electrons. The standard InChI is InChI=1S/C26H31NO2/c1-18(2)23-15-14-19(3)17-25(23)29-20(4)26(28)27-16-8-12-22-11-7-10-21-9-5-6-13-24(21)22/h5-7,9-11,13-15,17-18,20H,8,12,16H2,1-4H3,(H,27,28)/t20-/m1/s1. The molecule has 1 N–H and O–H groups in total. The Morgan fingerprint density at radius 2 is 1.76 bits per heavy atom. The summed E-state index contributed by atoms with van der Waals surface area (Å²) >= 11 is 0. The van der Waals surface area contributed by atoms with Gasteiger partial charge in [0.15, 0.2) is 6.10 Å². The number of aryl methyl sites for hydroxylation is 2. The van der Waals surface area contributed by atoms with Crippen LogP contribution in [-0.4, -0.2) is 18.6 Å². The SMILES string of the molecule is Cc1ccc(C(C)C)c(O[C@H](C)C(=O)NCCCc2cccc3ccccc23)c1. The molecule has 0 unspecified atom stereocenters. The third-order valence-corrected chi connectivity index (χ3v) is 5.27. The van der Waals surface area contributed by atoms with Crippen LogP contribution in [0.3, 0.4) is 0 Å². The van der Waals surface area contributed by atoms with Crippen molar-refractivity contribution < 1.29 is 9.53 Å². The molecule has 3 aromatic rings. The van der Waals surface area contributed by atoms with E-state index in [0.717, 1.165) is 29.7 Å². The lowest BCUT2D eigenvalue weighted by Crippen LogP contribution is -2.37. The molecule has 0 saturated heterocycles. The highest BCUT2D eigenvalue weighted by Gasteiger charge is 2.17. The summed E-state index contributed by atoms with van der Waals surface area (Å²) < 4.78 is 6.01. The van der Waals surface area contributed by atoms with E-state index in [1.165, 1.54) is 16.3 Å². The fourth-order valence-corrected chi connectivity index (χ4v) is 3.61. The van der Waals surface area contributed by atoms with Gasteiger partial charge in [-0.05, 0) is 66.1 Å². The molecule has 0 aliphatic heterocycles. The minimum absolute atomic E-state index is 0.0702. The van der Waals surface area contributed by atoms with Gasteiger partial charge in [0.1, 0.15) is 5.75 Å². The van der Waals surface area contributed by atoms with Crippen LogP contribution in [0.5, 0.6) is 5.75 Å². The van der Waals surface area contributed by atoms with E-state index < -0.39 is 6.10 Å². The molecule has 3 aromatic carbocycles. The minimum atomic E-state index is -0.521. The maximum Gasteiger partial charge on any atom is 0.260 e. The van der Waals surface area contributed by atoms with Crippen molar-refractivity contribution in [3.63, 3.8) is 0 Å². The molecule has 0 aliphatic carbocycles. The van der Waals surface area contributed by atoms with E-state index in [0.29, 0.717) is 12.5 Å². The molecule has 0 fully saturated rings. The van der Waals surface area contributed by atoms with E-state index in [1.807, 2.05) is 19.9 Å². The molecule has 0 aromatic heterocycles. The predicted octanol–water partition coefficient (Wildman–Crippen LogP) is 5.79. The molecule has 3 nitrogen and oxygen atoms in total. The topological polar surface area (TPSA) is 38.3 Å². The molecule has 0 heterocycles. The van der Waals surface area contributed by atoms with Gasteiger partial charge in [-0.2, -0.15) is 0 Å². The largest absolute Gasteiger partial charge is 0.481 e. The van der Waals surface area contributed by atoms with Crippen molar-refractivity contribution in [3.05, 3.63) is 77.4 Å². The highest BCUT2D eigenvalue weighted by molar-refractivity contribution is 5.85. The number of hydrogen-bond acceptors (Lipinski definition) is 2. The first kappa shape index (κ1) is 20.9. The van der Waals surface area contributed by atoms with Crippen LogP contribution in [0.1, 0.15) is 49.8 Å². The number of amides is 1. The number of hydrogen-bond donors (Lipinski definition) is 1. The van der Waals surface area contributed by atoms with Crippen LogP contribution in [0.2, 0.25) is 0 Å². The van der Waals surface area contributed by atoms with E-state index in [2.05, 4.69) is 73.8 Å². The molecule has 29 heavy (non-hydrogen) atoms. The van der Waals surface area contributed by atoms with Crippen LogP contribution < -0.4 is 10.1 Å². The Bertz CT molecular complexity index is 972. The summed E-state index contributed by atoms with van der Waals surface area (Å²) in [4.78, 5) is 12.5. The number of rotatable bonds is 8. The molecule has 0 spiro atoms. The molecule has 0 radical (unpaired) electrons. The van der Waals surface area contributed by atoms with E-state index >= 15 is 0 Å². The average Bonchev–Trinajstić information content (AvgIpc) is 2.71. The molecular formula is C26H31NO2. The quantitative estimate of drug-likeness (QED) is 0.495. The zero-order valence-corrected chi connectivity index (χ0v) is 17.9. The van der Waals surface area contributed by atoms with Crippen molar-refractivity contribution in [2.45, 2.75) is 52.6 Å². The molecule has 0 aliphatic rings. The van der Waals surface area contributed by atoms with Crippen LogP contribution in [0.4, 0.5) is 0 Å². The zero-order chi connectivity index (χ0) is 20.8. The van der Waals surface area contributed by atoms with Crippen molar-refractivity contribution in [2.75, 3.05) is 6.54 Å². The fraction of sp³-hybridized carbons (Fsp3) is 0.346. The van der Waals surface area contributed by atoms with Crippen LogP contribution in [0, 0.1) is 6.92 Å². The number of nitrogens with one attached hydrogen (secondary N) is 1. The third kappa shape index (κ3) is 5.38. The van der Waals surface area contributed by atoms with Gasteiger partial charge in [-0.15, -0.1) is 0 Å². The highest BCUT2D eigenvalue weighted by atomic mass is 16.5. The van der Waals surface area contributed by atoms with Gasteiger partial charge in [0, 0.05) is 6.54 Å². The van der Waals surface area contributed by atoms with E-state index in [4.69, 9.17) is 4.74 Å². The van der Waals surface area contributed by atoms with Crippen molar-refractivity contribution in [1.29, 1.82) is 0 Å². The summed E-state index contributed by atoms with van der Waals surface area (Å²) in [6.07, 6.45) is 1.31. The van der Waals surface area contributed by atoms with Crippen molar-refractivity contribution in [2.24, 2.45) is 0 Å². The second-order valence-electron chi connectivity index (χ2n) is 7.99. The summed E-state index contributed by atoms with van der Waals surface area (Å²) in [5.41, 5.74) is 3.58. The molecule has 3 heteroatoms. The normalized spacial score (nSPS) is 12.2. The Hall–Kier alpha value is -2.81. The first-order valence-electron chi connectivity index (χ1n) is 10.5. The second-order valence-corrected chi connectivity index (χ2v) is 7.99. The number of benzene rings is 3. The van der Waals surface area contributed by atoms with Gasteiger partial charge in [0.05, 0.1) is 0 Å². The maximum absolute atomic E-state index is 12.5. The van der Waals surface area contributed by atoms with Crippen molar-refractivity contribution in [3.8, 4) is 5.75 Å². The number of carbonyl (C=O) groups excluding carboxylic acids is 1. The lowest BCUT2D eigenvalue weighted by molar-refractivity contribution is -0.127. The molecule has 0 saturated carbocycles. The van der Waals surface area contributed by atoms with Crippen LogP contribution in [0.15, 0.2) is 60.7 Å². The van der Waals surface area contributed by atoms with Gasteiger partial charge in [0.2, 0.25) is 0 Å². The number of carbonyl (C=O) groups is 1. The Morgan fingerprint density at radius 1 is 1.00 bits per heavy atom. The first-order chi connectivity index (χ1) is 14.0. The molecule has 0 bridgehead atoms. The van der Waals surface area contributed by atoms with E-state index in [-0.39, 0.29) is 5.91 Å². The minimum Gasteiger partial charge on any atom is -0.481 e. The first-order valence-corrected chi connectivity index (χ1v) is 10.5. The monoisotopic (exact) mass is 389 g/mol. The maximum atomic E-state index is 12.5. The van der Waals surface area contributed by atoms with Gasteiger partial charge in [-0.3, -0.25) is 4.79 Å². The number of fused-ring (bicyclic) bond motifs is 1. The van der Waals surface area contributed by atoms with Gasteiger partial charge < -0.3 is 10.1 Å². The van der Waals surface area contributed by atoms with Crippen LogP contribution >= 0.6 is 0 Å². The predicted molar refractivity (Wildman–Crippen MR) is 121 cm³/mol. The third-order valence-electron chi connectivity index (χ3n) is 5.27. The van der Waals surface area contributed by atoms with E-state index in [9.17, 15) is 4.79 Å². The highest BCUT2D eigenvalue weighted by Crippen LogP contribution is 2.28. The lowest BCUT2D eigenvalue weighted by atomic mass is 10.0.